The summed E-state index contributed by atoms with van der Waals surface area (Å²) in [6, 6.07) is 0. The van der Waals surface area contributed by atoms with Gasteiger partial charge in [0.15, 0.2) is 10.6 Å². The first-order valence-corrected chi connectivity index (χ1v) is 3.51. The van der Waals surface area contributed by atoms with Crippen LogP contribution in [0.15, 0.2) is 0 Å². The lowest BCUT2D eigenvalue weighted by Crippen LogP contribution is -2.25. The molecule has 0 N–H and O–H groups in total. The molecule has 12 heavy (non-hydrogen) atoms. The largest absolute Gasteiger partial charge is 0.299 e. The molecule has 0 atom stereocenters. The van der Waals surface area contributed by atoms with Gasteiger partial charge >= 0.3 is 0 Å². The van der Waals surface area contributed by atoms with Crippen molar-refractivity contribution in [2.24, 2.45) is 5.41 Å². The molecule has 0 heterocycles. The Labute approximate surface area is 97.7 Å². The Morgan fingerprint density at radius 2 is 2.00 bits per heavy atom. The minimum absolute atomic E-state index is 1.85. The van der Waals surface area contributed by atoms with Crippen molar-refractivity contribution in [3.8, 4) is 0 Å². The summed E-state index contributed by atoms with van der Waals surface area (Å²) in [6.07, 6.45) is -3.83. The number of hydrogen-bond donors (Lipinski definition) is 0. The van der Waals surface area contributed by atoms with Crippen LogP contribution in [0.5, 0.6) is 0 Å². The van der Waals surface area contributed by atoms with Gasteiger partial charge in [0.2, 0.25) is 0 Å². The molecule has 0 unspecified atom stereocenters. The first-order chi connectivity index (χ1) is 9.76. The predicted octanol–water partition coefficient (Wildman–Crippen LogP) is 2.36. The third kappa shape index (κ3) is 4.07. The van der Waals surface area contributed by atoms with E-state index >= 15 is 0 Å². The van der Waals surface area contributed by atoms with E-state index in [9.17, 15) is 9.59 Å². The number of rotatable bonds is 3. The zero-order valence-corrected chi connectivity index (χ0v) is 7.16. The van der Waals surface area contributed by atoms with Gasteiger partial charge in [0.25, 0.3) is 0 Å². The van der Waals surface area contributed by atoms with Crippen LogP contribution in [0, 0.1) is 5.41 Å². The summed E-state index contributed by atoms with van der Waals surface area (Å²) in [5.41, 5.74) is -4.13. The Kier molecular flexibility index (Phi) is 1.05. The summed E-state index contributed by atoms with van der Waals surface area (Å²) < 4.78 is 80.1. The van der Waals surface area contributed by atoms with Crippen molar-refractivity contribution in [3.63, 3.8) is 0 Å². The number of hydrogen-bond acceptors (Lipinski definition) is 2. The van der Waals surface area contributed by atoms with Crippen LogP contribution < -0.4 is 0 Å². The fourth-order valence-corrected chi connectivity index (χ4v) is 0.369. The van der Waals surface area contributed by atoms with Crippen LogP contribution >= 0.6 is 23.2 Å². The van der Waals surface area contributed by atoms with Crippen molar-refractivity contribution >= 4 is 34.8 Å². The molecule has 0 saturated carbocycles. The monoisotopic (exact) mass is 221 g/mol. The van der Waals surface area contributed by atoms with E-state index in [0.717, 1.165) is 0 Å². The summed E-state index contributed by atoms with van der Waals surface area (Å²) in [5, 5.41) is 0. The van der Waals surface area contributed by atoms with Crippen molar-refractivity contribution in [1.29, 1.82) is 0 Å². The van der Waals surface area contributed by atoms with Gasteiger partial charge in [-0.1, -0.05) is 43.8 Å². The summed E-state index contributed by atoms with van der Waals surface area (Å²) in [7, 11) is 0. The zero-order chi connectivity index (χ0) is 19.2. The van der Waals surface area contributed by atoms with E-state index in [0.29, 0.717) is 0 Å². The highest BCUT2D eigenvalue weighted by Crippen LogP contribution is 2.18. The van der Waals surface area contributed by atoms with Crippen molar-refractivity contribution in [2.45, 2.75) is 31.8 Å². The second-order valence-electron chi connectivity index (χ2n) is 1.87. The molecular formula is C8H12Cl2O2. The van der Waals surface area contributed by atoms with Crippen LogP contribution in [0.2, 0.25) is 0 Å². The minimum atomic E-state index is -4.13. The lowest BCUT2D eigenvalue weighted by molar-refractivity contribution is -0.131. The van der Waals surface area contributed by atoms with Crippen LogP contribution in [0.3, 0.4) is 0 Å². The van der Waals surface area contributed by atoms with Gasteiger partial charge in [-0.05, 0) is 0 Å². The Morgan fingerprint density at radius 1 is 1.50 bits per heavy atom. The number of carbonyl (C=O) groups excluding carboxylic acids is 2. The van der Waals surface area contributed by atoms with E-state index < -0.39 is 48.7 Å². The standard InChI is InChI=1S/C8H12Cl2O2/c1-8(2,3)6(12)4-5(11)7(9)10/h7H,4H2,1-3H3/i1D3,2D3,3D3,4D2. The molecule has 0 radical (unpaired) electrons. The van der Waals surface area contributed by atoms with Crippen molar-refractivity contribution < 1.29 is 24.7 Å². The Morgan fingerprint density at radius 3 is 2.33 bits per heavy atom. The Bertz CT molecular complexity index is 452. The molecule has 0 rings (SSSR count). The number of Topliss-reactive ketones (excluding diaryl/α,β-unsaturated/α-hetero) is 2. The molecule has 0 bridgehead atoms. The smallest absolute Gasteiger partial charge is 0.173 e. The highest BCUT2D eigenvalue weighted by atomic mass is 35.5. The quantitative estimate of drug-likeness (QED) is 0.542. The highest BCUT2D eigenvalue weighted by Gasteiger charge is 2.25. The first-order valence-electron chi connectivity index (χ1n) is 8.13. The summed E-state index contributed by atoms with van der Waals surface area (Å²) in [5.74, 6) is -4.30. The van der Waals surface area contributed by atoms with E-state index in [1.54, 1.807) is 0 Å². The maximum atomic E-state index is 12.4. The SMILES string of the molecule is [2H]C([2H])(C(=O)C(Cl)Cl)C(=O)C(C([2H])([2H])[2H])(C([2H])([2H])[2H])C([2H])([2H])[2H]. The molecular weight excluding hydrogens is 199 g/mol. The van der Waals surface area contributed by atoms with Crippen LogP contribution in [0.4, 0.5) is 0 Å². The van der Waals surface area contributed by atoms with Gasteiger partial charge in [-0.15, -0.1) is 0 Å². The molecule has 0 saturated heterocycles. The number of carbonyl (C=O) groups is 2. The number of ketones is 2. The summed E-state index contributed by atoms with van der Waals surface area (Å²) >= 11 is 10.3. The predicted molar refractivity (Wildman–Crippen MR) is 49.6 cm³/mol. The van der Waals surface area contributed by atoms with Gasteiger partial charge in [0.05, 0.1) is 6.37 Å². The number of halogens is 2. The third-order valence-electron chi connectivity index (χ3n) is 0.776. The van der Waals surface area contributed by atoms with Crippen LogP contribution in [-0.4, -0.2) is 16.4 Å². The van der Waals surface area contributed by atoms with Crippen molar-refractivity contribution in [3.05, 3.63) is 0 Å². The van der Waals surface area contributed by atoms with E-state index in [2.05, 4.69) is 0 Å². The molecule has 70 valence electrons. The fourth-order valence-electron chi connectivity index (χ4n) is 0.260. The second-order valence-corrected chi connectivity index (χ2v) is 2.97. The molecule has 0 amide bonds. The summed E-state index contributed by atoms with van der Waals surface area (Å²) in [4.78, 5) is 21.9. The molecule has 0 aliphatic rings. The average molecular weight is 222 g/mol. The Balaban J connectivity index is 6.76. The van der Waals surface area contributed by atoms with Crippen LogP contribution in [0.1, 0.15) is 42.0 Å². The summed E-state index contributed by atoms with van der Waals surface area (Å²) in [6.45, 7) is -11.9. The second kappa shape index (κ2) is 4.24. The third-order valence-corrected chi connectivity index (χ3v) is 1.17. The van der Waals surface area contributed by atoms with Gasteiger partial charge in [0.1, 0.15) is 5.78 Å². The average Bonchev–Trinajstić information content (AvgIpc) is 2.21. The lowest BCUT2D eigenvalue weighted by atomic mass is 9.88. The van der Waals surface area contributed by atoms with Gasteiger partial charge in [-0.2, -0.15) is 0 Å². The Hall–Kier alpha value is -0.0800. The minimum Gasteiger partial charge on any atom is -0.299 e. The van der Waals surface area contributed by atoms with E-state index in [-0.39, 0.29) is 0 Å². The fraction of sp³-hybridized carbons (Fsp3) is 0.750. The maximum Gasteiger partial charge on any atom is 0.173 e. The number of alkyl halides is 2. The van der Waals surface area contributed by atoms with Crippen molar-refractivity contribution in [2.75, 3.05) is 0 Å². The molecule has 0 spiro atoms. The van der Waals surface area contributed by atoms with E-state index in [1.807, 2.05) is 0 Å². The normalized spacial score (nSPS) is 29.8. The molecule has 0 aromatic rings. The maximum absolute atomic E-state index is 12.4. The van der Waals surface area contributed by atoms with Crippen LogP contribution in [0.25, 0.3) is 0 Å². The zero-order valence-electron chi connectivity index (χ0n) is 16.6. The van der Waals surface area contributed by atoms with Crippen molar-refractivity contribution in [1.82, 2.24) is 0 Å². The highest BCUT2D eigenvalue weighted by molar-refractivity contribution is 6.54. The molecule has 4 heteroatoms. The molecule has 2 nitrogen and oxygen atoms in total. The topological polar surface area (TPSA) is 34.1 Å². The first kappa shape index (κ1) is 2.96. The lowest BCUT2D eigenvalue weighted by Gasteiger charge is -2.15. The molecule has 0 aliphatic heterocycles. The molecule has 0 aromatic carbocycles. The van der Waals surface area contributed by atoms with E-state index in [1.165, 1.54) is 0 Å². The van der Waals surface area contributed by atoms with Gasteiger partial charge < -0.3 is 0 Å². The van der Waals surface area contributed by atoms with Gasteiger partial charge in [0, 0.05) is 20.5 Å². The molecule has 0 fully saturated rings. The van der Waals surface area contributed by atoms with E-state index in [4.69, 9.17) is 38.3 Å². The van der Waals surface area contributed by atoms with Gasteiger partial charge in [-0.25, -0.2) is 0 Å². The van der Waals surface area contributed by atoms with Crippen LogP contribution in [-0.2, 0) is 9.59 Å². The molecule has 0 aliphatic carbocycles. The van der Waals surface area contributed by atoms with Gasteiger partial charge in [-0.3, -0.25) is 9.59 Å². The molecule has 0 aromatic heterocycles.